The summed E-state index contributed by atoms with van der Waals surface area (Å²) in [5.74, 6) is 2.23. The molecule has 3 heterocycles. The minimum absolute atomic E-state index is 0. The Bertz CT molecular complexity index is 782. The number of rotatable bonds is 4. The van der Waals surface area contributed by atoms with Crippen molar-refractivity contribution in [2.45, 2.75) is 20.5 Å². The van der Waals surface area contributed by atoms with E-state index in [0.29, 0.717) is 18.4 Å². The maximum atomic E-state index is 12.9. The Morgan fingerprint density at radius 3 is 2.39 bits per heavy atom. The first-order chi connectivity index (χ1) is 12.6. The van der Waals surface area contributed by atoms with E-state index in [1.807, 2.05) is 49.2 Å². The second-order valence-electron chi connectivity index (χ2n) is 7.48. The van der Waals surface area contributed by atoms with E-state index in [4.69, 9.17) is 4.74 Å². The van der Waals surface area contributed by atoms with Crippen molar-refractivity contribution in [3.63, 3.8) is 0 Å². The predicted octanol–water partition coefficient (Wildman–Crippen LogP) is 3.41. The third kappa shape index (κ3) is 4.59. The molecule has 2 aliphatic heterocycles. The maximum Gasteiger partial charge on any atom is 0.253 e. The summed E-state index contributed by atoms with van der Waals surface area (Å²) in [6.07, 6.45) is 3.56. The number of nitrogens with one attached hydrogen (secondary N) is 1. The minimum Gasteiger partial charge on any atom is -0.488 e. The zero-order valence-corrected chi connectivity index (χ0v) is 17.8. The van der Waals surface area contributed by atoms with Crippen molar-refractivity contribution in [1.29, 1.82) is 0 Å². The van der Waals surface area contributed by atoms with Crippen LogP contribution < -0.4 is 10.1 Å². The SMILES string of the molecule is Cc1cc(C(=O)N2C[C@H]3CNC[C@H]3C2)cc(C)c1OCc1cccnc1.Cl.Cl. The van der Waals surface area contributed by atoms with Gasteiger partial charge in [0.1, 0.15) is 12.4 Å². The number of ether oxygens (including phenoxy) is 1. The number of aryl methyl sites for hydroxylation is 2. The molecule has 0 aliphatic carbocycles. The van der Waals surface area contributed by atoms with Crippen molar-refractivity contribution in [3.8, 4) is 5.75 Å². The lowest BCUT2D eigenvalue weighted by molar-refractivity contribution is 0.0781. The zero-order valence-electron chi connectivity index (χ0n) is 16.2. The Labute approximate surface area is 178 Å². The molecule has 152 valence electrons. The monoisotopic (exact) mass is 423 g/mol. The van der Waals surface area contributed by atoms with Gasteiger partial charge in [-0.05, 0) is 55.0 Å². The average molecular weight is 424 g/mol. The van der Waals surface area contributed by atoms with Crippen molar-refractivity contribution in [2.75, 3.05) is 26.2 Å². The molecule has 1 amide bonds. The largest absolute Gasteiger partial charge is 0.488 e. The number of pyridine rings is 1. The second kappa shape index (κ2) is 9.59. The number of halogens is 2. The molecule has 5 nitrogen and oxygen atoms in total. The van der Waals surface area contributed by atoms with Crippen LogP contribution in [0.5, 0.6) is 5.75 Å². The highest BCUT2D eigenvalue weighted by Crippen LogP contribution is 2.30. The van der Waals surface area contributed by atoms with Gasteiger partial charge in [-0.3, -0.25) is 9.78 Å². The molecule has 1 N–H and O–H groups in total. The molecule has 28 heavy (non-hydrogen) atoms. The van der Waals surface area contributed by atoms with Crippen molar-refractivity contribution in [2.24, 2.45) is 11.8 Å². The number of fused-ring (bicyclic) bond motifs is 1. The molecule has 0 spiro atoms. The van der Waals surface area contributed by atoms with Gasteiger partial charge in [0.25, 0.3) is 5.91 Å². The Morgan fingerprint density at radius 2 is 1.82 bits per heavy atom. The Hall–Kier alpha value is -1.82. The topological polar surface area (TPSA) is 54.5 Å². The fraction of sp³-hybridized carbons (Fsp3) is 0.429. The smallest absolute Gasteiger partial charge is 0.253 e. The maximum absolute atomic E-state index is 12.9. The van der Waals surface area contributed by atoms with Crippen LogP contribution in [-0.4, -0.2) is 42.0 Å². The molecule has 1 aromatic heterocycles. The summed E-state index contributed by atoms with van der Waals surface area (Å²) in [5, 5.41) is 3.42. The van der Waals surface area contributed by atoms with Crippen LogP contribution in [0.2, 0.25) is 0 Å². The van der Waals surface area contributed by atoms with Crippen molar-refractivity contribution in [3.05, 3.63) is 58.9 Å². The van der Waals surface area contributed by atoms with Crippen LogP contribution in [0.25, 0.3) is 0 Å². The lowest BCUT2D eigenvalue weighted by Crippen LogP contribution is -2.32. The molecule has 0 radical (unpaired) electrons. The van der Waals surface area contributed by atoms with E-state index in [-0.39, 0.29) is 30.7 Å². The number of benzene rings is 1. The standard InChI is InChI=1S/C21H25N3O2.2ClH/c1-14-6-17(21(25)24-11-18-9-23-10-19(18)12-24)7-15(2)20(14)26-13-16-4-3-5-22-8-16;;/h3-8,18-19,23H,9-13H2,1-2H3;2*1H/t18-,19+;;. The molecule has 0 unspecified atom stereocenters. The van der Waals surface area contributed by atoms with Crippen LogP contribution in [0.3, 0.4) is 0 Å². The van der Waals surface area contributed by atoms with Crippen LogP contribution in [0.15, 0.2) is 36.7 Å². The van der Waals surface area contributed by atoms with Crippen molar-refractivity contribution in [1.82, 2.24) is 15.2 Å². The lowest BCUT2D eigenvalue weighted by Gasteiger charge is -2.19. The summed E-state index contributed by atoms with van der Waals surface area (Å²) in [6.45, 7) is 8.30. The molecule has 2 saturated heterocycles. The number of amides is 1. The van der Waals surface area contributed by atoms with Crippen LogP contribution >= 0.6 is 24.8 Å². The van der Waals surface area contributed by atoms with Gasteiger partial charge in [0, 0.05) is 49.7 Å². The number of likely N-dealkylation sites (tertiary alicyclic amines) is 1. The van der Waals surface area contributed by atoms with E-state index >= 15 is 0 Å². The van der Waals surface area contributed by atoms with Gasteiger partial charge in [0.15, 0.2) is 0 Å². The van der Waals surface area contributed by atoms with Crippen LogP contribution in [0.4, 0.5) is 0 Å². The van der Waals surface area contributed by atoms with Gasteiger partial charge in [0.2, 0.25) is 0 Å². The van der Waals surface area contributed by atoms with Gasteiger partial charge in [-0.2, -0.15) is 0 Å². The number of nitrogens with zero attached hydrogens (tertiary/aromatic N) is 2. The number of hydrogen-bond acceptors (Lipinski definition) is 4. The van der Waals surface area contributed by atoms with Crippen LogP contribution in [0, 0.1) is 25.7 Å². The molecule has 4 rings (SSSR count). The van der Waals surface area contributed by atoms with Crippen molar-refractivity contribution >= 4 is 30.7 Å². The number of carbonyl (C=O) groups is 1. The Morgan fingerprint density at radius 1 is 1.18 bits per heavy atom. The third-order valence-electron chi connectivity index (χ3n) is 5.49. The fourth-order valence-electron chi connectivity index (χ4n) is 4.14. The summed E-state index contributed by atoms with van der Waals surface area (Å²) in [6, 6.07) is 7.82. The molecule has 1 aromatic carbocycles. The molecule has 0 saturated carbocycles. The van der Waals surface area contributed by atoms with Gasteiger partial charge >= 0.3 is 0 Å². The number of carbonyl (C=O) groups excluding carboxylic acids is 1. The highest BCUT2D eigenvalue weighted by molar-refractivity contribution is 5.95. The normalized spacial score (nSPS) is 20.1. The van der Waals surface area contributed by atoms with E-state index in [0.717, 1.165) is 54.2 Å². The summed E-state index contributed by atoms with van der Waals surface area (Å²) in [5.41, 5.74) is 3.79. The zero-order chi connectivity index (χ0) is 18.1. The van der Waals surface area contributed by atoms with Gasteiger partial charge in [-0.1, -0.05) is 6.07 Å². The molecule has 2 aliphatic rings. The first-order valence-corrected chi connectivity index (χ1v) is 9.25. The molecule has 2 fully saturated rings. The first-order valence-electron chi connectivity index (χ1n) is 9.25. The number of hydrogen-bond donors (Lipinski definition) is 1. The minimum atomic E-state index is 0. The van der Waals surface area contributed by atoms with E-state index in [2.05, 4.69) is 10.3 Å². The molecule has 7 heteroatoms. The lowest BCUT2D eigenvalue weighted by atomic mass is 10.0. The van der Waals surface area contributed by atoms with Crippen LogP contribution in [0.1, 0.15) is 27.0 Å². The summed E-state index contributed by atoms with van der Waals surface area (Å²) in [7, 11) is 0. The molecular weight excluding hydrogens is 397 g/mol. The highest BCUT2D eigenvalue weighted by atomic mass is 35.5. The number of aromatic nitrogens is 1. The quantitative estimate of drug-likeness (QED) is 0.818. The van der Waals surface area contributed by atoms with Crippen molar-refractivity contribution < 1.29 is 9.53 Å². The van der Waals surface area contributed by atoms with E-state index in [1.165, 1.54) is 0 Å². The fourth-order valence-corrected chi connectivity index (χ4v) is 4.14. The summed E-state index contributed by atoms with van der Waals surface area (Å²) < 4.78 is 6.00. The van der Waals surface area contributed by atoms with E-state index in [1.54, 1.807) is 6.20 Å². The van der Waals surface area contributed by atoms with Crippen LogP contribution in [-0.2, 0) is 6.61 Å². The van der Waals surface area contributed by atoms with Gasteiger partial charge in [-0.15, -0.1) is 24.8 Å². The molecule has 0 bridgehead atoms. The van der Waals surface area contributed by atoms with Gasteiger partial charge in [0.05, 0.1) is 0 Å². The van der Waals surface area contributed by atoms with Gasteiger partial charge < -0.3 is 15.0 Å². The first kappa shape index (κ1) is 22.5. The third-order valence-corrected chi connectivity index (χ3v) is 5.49. The Balaban J connectivity index is 0.00000140. The Kier molecular flexibility index (Phi) is 7.70. The molecule has 2 atom stereocenters. The summed E-state index contributed by atoms with van der Waals surface area (Å²) >= 11 is 0. The van der Waals surface area contributed by atoms with E-state index < -0.39 is 0 Å². The average Bonchev–Trinajstić information content (AvgIpc) is 3.23. The van der Waals surface area contributed by atoms with E-state index in [9.17, 15) is 4.79 Å². The predicted molar refractivity (Wildman–Crippen MR) is 115 cm³/mol. The molecule has 2 aromatic rings. The summed E-state index contributed by atoms with van der Waals surface area (Å²) in [4.78, 5) is 19.1. The highest BCUT2D eigenvalue weighted by Gasteiger charge is 2.38. The molecular formula is C21H27Cl2N3O2. The second-order valence-corrected chi connectivity index (χ2v) is 7.48. The van der Waals surface area contributed by atoms with Gasteiger partial charge in [-0.25, -0.2) is 0 Å².